The molecule has 0 spiro atoms. The van der Waals surface area contributed by atoms with Gasteiger partial charge in [0, 0.05) is 23.5 Å². The van der Waals surface area contributed by atoms with Crippen LogP contribution in [0, 0.1) is 5.41 Å². The predicted octanol–water partition coefficient (Wildman–Crippen LogP) is 2.44. The van der Waals surface area contributed by atoms with E-state index in [1.54, 1.807) is 29.2 Å². The number of urea groups is 1. The smallest absolute Gasteiger partial charge is 0.319 e. The van der Waals surface area contributed by atoms with Crippen molar-refractivity contribution in [3.63, 3.8) is 0 Å². The molecule has 1 aliphatic heterocycles. The van der Waals surface area contributed by atoms with Crippen LogP contribution in [0.4, 0.5) is 10.5 Å². The summed E-state index contributed by atoms with van der Waals surface area (Å²) in [4.78, 5) is 26.7. The zero-order valence-corrected chi connectivity index (χ0v) is 15.6. The Kier molecular flexibility index (Phi) is 5.74. The minimum Gasteiger partial charge on any atom is -0.384 e. The molecule has 144 valence electrons. The molecule has 0 aliphatic carbocycles. The van der Waals surface area contributed by atoms with E-state index in [9.17, 15) is 9.59 Å². The van der Waals surface area contributed by atoms with Crippen LogP contribution in [0.5, 0.6) is 0 Å². The van der Waals surface area contributed by atoms with Crippen LogP contribution in [0.2, 0.25) is 0 Å². The van der Waals surface area contributed by atoms with Gasteiger partial charge >= 0.3 is 6.03 Å². The number of nitrogens with zero attached hydrogens (tertiary/aromatic N) is 1. The number of nitrogens with one attached hydrogen (secondary N) is 3. The number of amides is 3. The lowest BCUT2D eigenvalue weighted by Crippen LogP contribution is -2.45. The summed E-state index contributed by atoms with van der Waals surface area (Å²) in [6.45, 7) is 2.36. The zero-order valence-electron chi connectivity index (χ0n) is 15.6. The van der Waals surface area contributed by atoms with Crippen LogP contribution in [0.15, 0.2) is 60.7 Å². The minimum absolute atomic E-state index is 0.0197. The van der Waals surface area contributed by atoms with Gasteiger partial charge in [-0.15, -0.1) is 0 Å². The molecule has 1 unspecified atom stereocenters. The lowest BCUT2D eigenvalue weighted by molar-refractivity contribution is -0.118. The monoisotopic (exact) mass is 377 g/mol. The maximum atomic E-state index is 12.7. The van der Waals surface area contributed by atoms with Crippen molar-refractivity contribution < 1.29 is 9.59 Å². The first-order valence-corrected chi connectivity index (χ1v) is 9.04. The van der Waals surface area contributed by atoms with E-state index in [-0.39, 0.29) is 11.7 Å². The fourth-order valence-electron chi connectivity index (χ4n) is 3.14. The molecule has 1 aliphatic rings. The molecule has 7 nitrogen and oxygen atoms in total. The lowest BCUT2D eigenvalue weighted by atomic mass is 10.1. The molecule has 2 aromatic rings. The molecule has 3 amide bonds. The SMILES string of the molecule is C/C=C(/NC(=O)NC1CCN(c2ccc(C(=N)N)cc2)C1=O)c1ccccc1. The van der Waals surface area contributed by atoms with Crippen molar-refractivity contribution >= 4 is 29.2 Å². The third-order valence-corrected chi connectivity index (χ3v) is 4.62. The normalized spacial score (nSPS) is 16.8. The number of benzene rings is 2. The van der Waals surface area contributed by atoms with Gasteiger partial charge in [-0.2, -0.15) is 0 Å². The molecule has 7 heteroatoms. The van der Waals surface area contributed by atoms with Gasteiger partial charge in [0.2, 0.25) is 5.91 Å². The van der Waals surface area contributed by atoms with E-state index in [0.717, 1.165) is 11.3 Å². The van der Waals surface area contributed by atoms with Crippen LogP contribution in [-0.4, -0.2) is 30.4 Å². The van der Waals surface area contributed by atoms with Crippen molar-refractivity contribution in [3.05, 3.63) is 71.8 Å². The van der Waals surface area contributed by atoms with E-state index in [1.807, 2.05) is 43.3 Å². The van der Waals surface area contributed by atoms with E-state index in [1.165, 1.54) is 0 Å². The van der Waals surface area contributed by atoms with Crippen molar-refractivity contribution in [2.24, 2.45) is 5.73 Å². The Morgan fingerprint density at radius 2 is 1.82 bits per heavy atom. The predicted molar refractivity (Wildman–Crippen MR) is 110 cm³/mol. The van der Waals surface area contributed by atoms with Crippen molar-refractivity contribution in [3.8, 4) is 0 Å². The van der Waals surface area contributed by atoms with Crippen molar-refractivity contribution in [2.75, 3.05) is 11.4 Å². The highest BCUT2D eigenvalue weighted by Gasteiger charge is 2.33. The largest absolute Gasteiger partial charge is 0.384 e. The number of hydrogen-bond acceptors (Lipinski definition) is 3. The second-order valence-corrected chi connectivity index (χ2v) is 6.46. The maximum Gasteiger partial charge on any atom is 0.319 e. The number of allylic oxidation sites excluding steroid dienone is 1. The molecule has 1 saturated heterocycles. The highest BCUT2D eigenvalue weighted by molar-refractivity contribution is 6.02. The molecule has 0 saturated carbocycles. The Morgan fingerprint density at radius 3 is 2.43 bits per heavy atom. The second kappa shape index (κ2) is 8.39. The molecule has 0 aromatic heterocycles. The Hall–Kier alpha value is -3.61. The first kappa shape index (κ1) is 19.2. The summed E-state index contributed by atoms with van der Waals surface area (Å²) in [6.07, 6.45) is 2.34. The number of nitrogens with two attached hydrogens (primary N) is 1. The van der Waals surface area contributed by atoms with E-state index in [2.05, 4.69) is 10.6 Å². The molecule has 2 aromatic carbocycles. The Bertz CT molecular complexity index is 906. The summed E-state index contributed by atoms with van der Waals surface area (Å²) >= 11 is 0. The van der Waals surface area contributed by atoms with Gasteiger partial charge in [-0.05, 0) is 43.2 Å². The first-order chi connectivity index (χ1) is 13.5. The highest BCUT2D eigenvalue weighted by atomic mass is 16.2. The molecule has 28 heavy (non-hydrogen) atoms. The standard InChI is InChI=1S/C21H23N5O2/c1-2-17(14-6-4-3-5-7-14)24-21(28)25-18-12-13-26(20(18)27)16-10-8-15(9-11-16)19(22)23/h2-11,18H,12-13H2,1H3,(H3,22,23)(H2,24,25,28)/b17-2+. The number of hydrogen-bond donors (Lipinski definition) is 4. The molecule has 1 fully saturated rings. The molecular formula is C21H23N5O2. The average molecular weight is 377 g/mol. The fourth-order valence-corrected chi connectivity index (χ4v) is 3.14. The third-order valence-electron chi connectivity index (χ3n) is 4.62. The van der Waals surface area contributed by atoms with E-state index in [0.29, 0.717) is 24.2 Å². The lowest BCUT2D eigenvalue weighted by Gasteiger charge is -2.18. The highest BCUT2D eigenvalue weighted by Crippen LogP contribution is 2.22. The Balaban J connectivity index is 1.62. The van der Waals surface area contributed by atoms with E-state index in [4.69, 9.17) is 11.1 Å². The van der Waals surface area contributed by atoms with Crippen molar-refractivity contribution in [2.45, 2.75) is 19.4 Å². The zero-order chi connectivity index (χ0) is 20.1. The van der Waals surface area contributed by atoms with Gasteiger partial charge in [-0.25, -0.2) is 4.79 Å². The van der Waals surface area contributed by atoms with Gasteiger partial charge in [-0.1, -0.05) is 36.4 Å². The molecule has 0 radical (unpaired) electrons. The molecule has 5 N–H and O–H groups in total. The Labute approximate surface area is 163 Å². The van der Waals surface area contributed by atoms with Gasteiger partial charge in [-0.3, -0.25) is 10.2 Å². The maximum absolute atomic E-state index is 12.7. The second-order valence-electron chi connectivity index (χ2n) is 6.46. The summed E-state index contributed by atoms with van der Waals surface area (Å²) in [5, 5.41) is 13.0. The van der Waals surface area contributed by atoms with Crippen LogP contribution in [-0.2, 0) is 4.79 Å². The summed E-state index contributed by atoms with van der Waals surface area (Å²) in [7, 11) is 0. The molecule has 0 bridgehead atoms. The number of anilines is 1. The van der Waals surface area contributed by atoms with Gasteiger partial charge in [0.1, 0.15) is 11.9 Å². The molecule has 3 rings (SSSR count). The van der Waals surface area contributed by atoms with Crippen LogP contribution < -0.4 is 21.3 Å². The molecular weight excluding hydrogens is 354 g/mol. The van der Waals surface area contributed by atoms with Gasteiger partial charge < -0.3 is 21.3 Å². The first-order valence-electron chi connectivity index (χ1n) is 9.04. The van der Waals surface area contributed by atoms with Crippen molar-refractivity contribution in [1.29, 1.82) is 5.41 Å². The number of rotatable bonds is 5. The topological polar surface area (TPSA) is 111 Å². The average Bonchev–Trinajstić information content (AvgIpc) is 3.07. The van der Waals surface area contributed by atoms with Crippen LogP contribution >= 0.6 is 0 Å². The summed E-state index contributed by atoms with van der Waals surface area (Å²) in [6, 6.07) is 15.4. The van der Waals surface area contributed by atoms with Crippen LogP contribution in [0.25, 0.3) is 5.70 Å². The van der Waals surface area contributed by atoms with Gasteiger partial charge in [0.05, 0.1) is 0 Å². The van der Waals surface area contributed by atoms with Gasteiger partial charge in [0.15, 0.2) is 0 Å². The van der Waals surface area contributed by atoms with E-state index >= 15 is 0 Å². The quantitative estimate of drug-likeness (QED) is 0.474. The minimum atomic E-state index is -0.582. The van der Waals surface area contributed by atoms with E-state index < -0.39 is 12.1 Å². The van der Waals surface area contributed by atoms with Crippen LogP contribution in [0.1, 0.15) is 24.5 Å². The summed E-state index contributed by atoms with van der Waals surface area (Å²) < 4.78 is 0. The number of carbonyl (C=O) groups excluding carboxylic acids is 2. The fraction of sp³-hybridized carbons (Fsp3) is 0.190. The number of nitrogen functional groups attached to an aromatic ring is 1. The summed E-state index contributed by atoms with van der Waals surface area (Å²) in [5.41, 5.74) is 8.35. The van der Waals surface area contributed by atoms with Crippen molar-refractivity contribution in [1.82, 2.24) is 10.6 Å². The van der Waals surface area contributed by atoms with Crippen LogP contribution in [0.3, 0.4) is 0 Å². The third kappa shape index (κ3) is 4.20. The Morgan fingerprint density at radius 1 is 1.14 bits per heavy atom. The van der Waals surface area contributed by atoms with Gasteiger partial charge in [0.25, 0.3) is 0 Å². The number of amidine groups is 1. The molecule has 1 atom stereocenters. The summed E-state index contributed by atoms with van der Waals surface area (Å²) in [5.74, 6) is -0.179. The molecule has 1 heterocycles. The number of carbonyl (C=O) groups is 2.